The SMILES string of the molecule is CN(C)c1ccc(NC(=O)CSc2nnnn2C(C)(C)C)cc1. The fraction of sp³-hybridized carbons (Fsp3) is 0.467. The molecular weight excluding hydrogens is 312 g/mol. The molecule has 0 spiro atoms. The van der Waals surface area contributed by atoms with Crippen molar-refractivity contribution in [3.63, 3.8) is 0 Å². The third-order valence-electron chi connectivity index (χ3n) is 3.08. The molecule has 1 amide bonds. The van der Waals surface area contributed by atoms with E-state index in [1.54, 1.807) is 4.68 Å². The van der Waals surface area contributed by atoms with Gasteiger partial charge >= 0.3 is 0 Å². The predicted octanol–water partition coefficient (Wildman–Crippen LogP) is 2.22. The molecule has 1 heterocycles. The van der Waals surface area contributed by atoms with Crippen LogP contribution in [0.25, 0.3) is 0 Å². The summed E-state index contributed by atoms with van der Waals surface area (Å²) in [7, 11) is 3.95. The lowest BCUT2D eigenvalue weighted by Gasteiger charge is -2.19. The number of anilines is 2. The van der Waals surface area contributed by atoms with Crippen LogP contribution < -0.4 is 10.2 Å². The normalized spacial score (nSPS) is 11.3. The molecule has 1 aromatic heterocycles. The zero-order chi connectivity index (χ0) is 17.0. The Morgan fingerprint density at radius 2 is 1.91 bits per heavy atom. The molecule has 0 bridgehead atoms. The van der Waals surface area contributed by atoms with Gasteiger partial charge in [0.15, 0.2) is 0 Å². The fourth-order valence-corrected chi connectivity index (χ4v) is 2.72. The Balaban J connectivity index is 1.92. The Hall–Kier alpha value is -2.09. The standard InChI is InChI=1S/C15H22N6OS/c1-15(2,3)21-14(17-18-19-21)23-10-13(22)16-11-6-8-12(9-7-11)20(4)5/h6-9H,10H2,1-5H3,(H,16,22). The first-order valence-electron chi connectivity index (χ1n) is 7.26. The van der Waals surface area contributed by atoms with Crippen molar-refractivity contribution < 1.29 is 4.79 Å². The van der Waals surface area contributed by atoms with Crippen LogP contribution in [0.1, 0.15) is 20.8 Å². The summed E-state index contributed by atoms with van der Waals surface area (Å²) < 4.78 is 1.72. The van der Waals surface area contributed by atoms with Gasteiger partial charge in [0.2, 0.25) is 11.1 Å². The molecule has 1 N–H and O–H groups in total. The van der Waals surface area contributed by atoms with Crippen LogP contribution in [0.3, 0.4) is 0 Å². The van der Waals surface area contributed by atoms with Gasteiger partial charge in [0.1, 0.15) is 0 Å². The number of carbonyl (C=O) groups excluding carboxylic acids is 1. The summed E-state index contributed by atoms with van der Waals surface area (Å²) in [5.41, 5.74) is 1.64. The van der Waals surface area contributed by atoms with E-state index < -0.39 is 0 Å². The molecule has 0 unspecified atom stereocenters. The molecule has 0 atom stereocenters. The molecule has 0 radical (unpaired) electrons. The maximum atomic E-state index is 12.1. The van der Waals surface area contributed by atoms with Gasteiger partial charge in [-0.05, 0) is 55.5 Å². The van der Waals surface area contributed by atoms with Crippen molar-refractivity contribution in [3.8, 4) is 0 Å². The molecular formula is C15H22N6OS. The molecule has 23 heavy (non-hydrogen) atoms. The number of benzene rings is 1. The molecule has 8 heteroatoms. The van der Waals surface area contributed by atoms with Crippen LogP contribution in [0.15, 0.2) is 29.4 Å². The lowest BCUT2D eigenvalue weighted by Crippen LogP contribution is -2.24. The van der Waals surface area contributed by atoms with E-state index in [0.29, 0.717) is 5.16 Å². The molecule has 0 aliphatic carbocycles. The van der Waals surface area contributed by atoms with Gasteiger partial charge in [-0.1, -0.05) is 11.8 Å². The lowest BCUT2D eigenvalue weighted by atomic mass is 10.1. The average molecular weight is 334 g/mol. The maximum absolute atomic E-state index is 12.1. The molecule has 2 rings (SSSR count). The number of rotatable bonds is 5. The number of amides is 1. The van der Waals surface area contributed by atoms with Crippen molar-refractivity contribution in [2.24, 2.45) is 0 Å². The largest absolute Gasteiger partial charge is 0.378 e. The third kappa shape index (κ3) is 4.69. The molecule has 0 aliphatic heterocycles. The van der Waals surface area contributed by atoms with Gasteiger partial charge in [-0.15, -0.1) is 5.10 Å². The Labute approximate surface area is 140 Å². The fourth-order valence-electron chi connectivity index (χ4n) is 1.86. The van der Waals surface area contributed by atoms with Crippen molar-refractivity contribution in [2.45, 2.75) is 31.5 Å². The van der Waals surface area contributed by atoms with E-state index in [9.17, 15) is 4.79 Å². The van der Waals surface area contributed by atoms with Gasteiger partial charge in [-0.3, -0.25) is 4.79 Å². The highest BCUT2D eigenvalue weighted by Gasteiger charge is 2.20. The average Bonchev–Trinajstić information content (AvgIpc) is 2.94. The van der Waals surface area contributed by atoms with Gasteiger partial charge in [0.25, 0.3) is 0 Å². The second-order valence-corrected chi connectivity index (χ2v) is 7.26. The number of nitrogens with one attached hydrogen (secondary N) is 1. The molecule has 0 fully saturated rings. The van der Waals surface area contributed by atoms with E-state index in [0.717, 1.165) is 11.4 Å². The van der Waals surface area contributed by atoms with Crippen molar-refractivity contribution >= 4 is 29.0 Å². The van der Waals surface area contributed by atoms with E-state index in [4.69, 9.17) is 0 Å². The van der Waals surface area contributed by atoms with Gasteiger partial charge < -0.3 is 10.2 Å². The molecule has 0 saturated heterocycles. The summed E-state index contributed by atoms with van der Waals surface area (Å²) in [6.45, 7) is 6.04. The van der Waals surface area contributed by atoms with Gasteiger partial charge in [0, 0.05) is 25.5 Å². The van der Waals surface area contributed by atoms with Crippen molar-refractivity contribution in [1.82, 2.24) is 20.2 Å². The van der Waals surface area contributed by atoms with Crippen LogP contribution >= 0.6 is 11.8 Å². The van der Waals surface area contributed by atoms with Gasteiger partial charge in [0.05, 0.1) is 11.3 Å². The quantitative estimate of drug-likeness (QED) is 0.845. The third-order valence-corrected chi connectivity index (χ3v) is 4.00. The Bertz CT molecular complexity index is 659. The molecule has 124 valence electrons. The van der Waals surface area contributed by atoms with Crippen LogP contribution in [0.5, 0.6) is 0 Å². The van der Waals surface area contributed by atoms with Crippen molar-refractivity contribution in [3.05, 3.63) is 24.3 Å². The smallest absolute Gasteiger partial charge is 0.234 e. The number of carbonyl (C=O) groups is 1. The monoisotopic (exact) mass is 334 g/mol. The highest BCUT2D eigenvalue weighted by Crippen LogP contribution is 2.22. The second kappa shape index (κ2) is 6.99. The maximum Gasteiger partial charge on any atom is 0.234 e. The number of tetrazole rings is 1. The van der Waals surface area contributed by atoms with Crippen LogP contribution in [0, 0.1) is 0 Å². The molecule has 0 aliphatic rings. The van der Waals surface area contributed by atoms with Crippen molar-refractivity contribution in [1.29, 1.82) is 0 Å². The van der Waals surface area contributed by atoms with Crippen LogP contribution in [-0.2, 0) is 10.3 Å². The Kier molecular flexibility index (Phi) is 5.25. The van der Waals surface area contributed by atoms with E-state index in [-0.39, 0.29) is 17.2 Å². The number of nitrogens with zero attached hydrogens (tertiary/aromatic N) is 5. The summed E-state index contributed by atoms with van der Waals surface area (Å²) in [5, 5.41) is 15.1. The highest BCUT2D eigenvalue weighted by atomic mass is 32.2. The predicted molar refractivity (Wildman–Crippen MR) is 92.9 cm³/mol. The summed E-state index contributed by atoms with van der Waals surface area (Å²) >= 11 is 1.32. The lowest BCUT2D eigenvalue weighted by molar-refractivity contribution is -0.113. The zero-order valence-electron chi connectivity index (χ0n) is 14.1. The van der Waals surface area contributed by atoms with Crippen molar-refractivity contribution in [2.75, 3.05) is 30.1 Å². The summed E-state index contributed by atoms with van der Waals surface area (Å²) in [5.74, 6) is 0.169. The minimum absolute atomic E-state index is 0.0870. The van der Waals surface area contributed by atoms with Crippen LogP contribution in [-0.4, -0.2) is 46.0 Å². The minimum Gasteiger partial charge on any atom is -0.378 e. The molecule has 1 aromatic carbocycles. The Morgan fingerprint density at radius 1 is 1.26 bits per heavy atom. The number of hydrogen-bond acceptors (Lipinski definition) is 6. The van der Waals surface area contributed by atoms with Crippen LogP contribution in [0.2, 0.25) is 0 Å². The molecule has 7 nitrogen and oxygen atoms in total. The first-order valence-corrected chi connectivity index (χ1v) is 8.25. The van der Waals surface area contributed by atoms with Gasteiger partial charge in [-0.25, -0.2) is 4.68 Å². The highest BCUT2D eigenvalue weighted by molar-refractivity contribution is 7.99. The zero-order valence-corrected chi connectivity index (χ0v) is 14.9. The Morgan fingerprint density at radius 3 is 2.48 bits per heavy atom. The first kappa shape index (κ1) is 17.3. The summed E-state index contributed by atoms with van der Waals surface area (Å²) in [6, 6.07) is 7.69. The summed E-state index contributed by atoms with van der Waals surface area (Å²) in [6.07, 6.45) is 0. The van der Waals surface area contributed by atoms with E-state index >= 15 is 0 Å². The van der Waals surface area contributed by atoms with Crippen LogP contribution in [0.4, 0.5) is 11.4 Å². The number of aromatic nitrogens is 4. The summed E-state index contributed by atoms with van der Waals surface area (Å²) in [4.78, 5) is 14.1. The van der Waals surface area contributed by atoms with Gasteiger partial charge in [-0.2, -0.15) is 0 Å². The molecule has 2 aromatic rings. The topological polar surface area (TPSA) is 75.9 Å². The first-order chi connectivity index (χ1) is 10.8. The van der Waals surface area contributed by atoms with E-state index in [2.05, 4.69) is 20.8 Å². The molecule has 0 saturated carbocycles. The van der Waals surface area contributed by atoms with E-state index in [1.807, 2.05) is 64.0 Å². The number of thioether (sulfide) groups is 1. The number of hydrogen-bond donors (Lipinski definition) is 1. The minimum atomic E-state index is -0.218. The second-order valence-electron chi connectivity index (χ2n) is 6.32. The van der Waals surface area contributed by atoms with E-state index in [1.165, 1.54) is 11.8 Å².